The Balaban J connectivity index is 2.57. The van der Waals surface area contributed by atoms with E-state index in [0.29, 0.717) is 5.02 Å². The van der Waals surface area contributed by atoms with Crippen molar-refractivity contribution >= 4 is 29.5 Å². The molecule has 22 heavy (non-hydrogen) atoms. The third-order valence-corrected chi connectivity index (χ3v) is 2.54. The summed E-state index contributed by atoms with van der Waals surface area (Å²) >= 11 is 5.74. The summed E-state index contributed by atoms with van der Waals surface area (Å²) in [4.78, 5) is 38.9. The topological polar surface area (TPSA) is 97.4 Å². The fourth-order valence-corrected chi connectivity index (χ4v) is 1.54. The van der Waals surface area contributed by atoms with Gasteiger partial charge in [0.05, 0.1) is 0 Å². The summed E-state index contributed by atoms with van der Waals surface area (Å²) in [7, 11) is 0. The Bertz CT molecular complexity index is 584. The summed E-state index contributed by atoms with van der Waals surface area (Å²) in [5, 5.41) is 4.97. The molecule has 3 amide bonds. The van der Waals surface area contributed by atoms with E-state index in [2.05, 4.69) is 15.6 Å². The Labute approximate surface area is 133 Å². The molecule has 0 aromatic carbocycles. The first-order valence-electron chi connectivity index (χ1n) is 6.54. The molecule has 0 saturated heterocycles. The fraction of sp³-hybridized carbons (Fsp3) is 0.429. The lowest BCUT2D eigenvalue weighted by Crippen LogP contribution is -2.50. The van der Waals surface area contributed by atoms with Crippen LogP contribution in [0.15, 0.2) is 18.3 Å². The van der Waals surface area contributed by atoms with Gasteiger partial charge in [-0.25, -0.2) is 14.6 Å². The number of nitrogens with one attached hydrogen (secondary N) is 2. The van der Waals surface area contributed by atoms with Crippen LogP contribution in [0.5, 0.6) is 0 Å². The summed E-state index contributed by atoms with van der Waals surface area (Å²) in [5.74, 6) is -1.54. The SMILES string of the molecule is C[C@@H](OC(=O)c1cc(Cl)ccn1)C(=O)NC(=O)NC(C)(C)C. The van der Waals surface area contributed by atoms with E-state index in [1.807, 2.05) is 0 Å². The second-order valence-corrected chi connectivity index (χ2v) is 6.04. The quantitative estimate of drug-likeness (QED) is 0.826. The van der Waals surface area contributed by atoms with E-state index in [1.54, 1.807) is 20.8 Å². The van der Waals surface area contributed by atoms with Gasteiger partial charge >= 0.3 is 12.0 Å². The molecule has 0 bridgehead atoms. The van der Waals surface area contributed by atoms with Gasteiger partial charge in [0, 0.05) is 16.8 Å². The maximum atomic E-state index is 11.8. The monoisotopic (exact) mass is 327 g/mol. The molecule has 2 N–H and O–H groups in total. The van der Waals surface area contributed by atoms with Crippen molar-refractivity contribution in [3.05, 3.63) is 29.0 Å². The Kier molecular flexibility index (Phi) is 5.87. The zero-order valence-corrected chi connectivity index (χ0v) is 13.5. The molecule has 0 aliphatic carbocycles. The molecule has 8 heteroatoms. The van der Waals surface area contributed by atoms with Crippen molar-refractivity contribution in [2.45, 2.75) is 39.3 Å². The van der Waals surface area contributed by atoms with E-state index in [1.165, 1.54) is 25.3 Å². The minimum atomic E-state index is -1.15. The first kappa shape index (κ1) is 17.9. The highest BCUT2D eigenvalue weighted by atomic mass is 35.5. The van der Waals surface area contributed by atoms with Gasteiger partial charge in [0.15, 0.2) is 6.10 Å². The number of rotatable bonds is 3. The highest BCUT2D eigenvalue weighted by molar-refractivity contribution is 6.30. The van der Waals surface area contributed by atoms with Crippen molar-refractivity contribution in [2.24, 2.45) is 0 Å². The van der Waals surface area contributed by atoms with Crippen LogP contribution in [-0.2, 0) is 9.53 Å². The van der Waals surface area contributed by atoms with Gasteiger partial charge in [0.25, 0.3) is 5.91 Å². The zero-order chi connectivity index (χ0) is 16.9. The summed E-state index contributed by atoms with van der Waals surface area (Å²) in [6.45, 7) is 6.66. The van der Waals surface area contributed by atoms with E-state index in [0.717, 1.165) is 0 Å². The fourth-order valence-electron chi connectivity index (χ4n) is 1.38. The number of halogens is 1. The molecule has 0 aliphatic rings. The van der Waals surface area contributed by atoms with Crippen LogP contribution in [0.2, 0.25) is 5.02 Å². The number of carbonyl (C=O) groups excluding carboxylic acids is 3. The largest absolute Gasteiger partial charge is 0.448 e. The van der Waals surface area contributed by atoms with Crippen LogP contribution >= 0.6 is 11.6 Å². The van der Waals surface area contributed by atoms with E-state index in [-0.39, 0.29) is 5.69 Å². The van der Waals surface area contributed by atoms with E-state index in [9.17, 15) is 14.4 Å². The lowest BCUT2D eigenvalue weighted by Gasteiger charge is -2.21. The van der Waals surface area contributed by atoms with Crippen molar-refractivity contribution < 1.29 is 19.1 Å². The van der Waals surface area contributed by atoms with Crippen molar-refractivity contribution in [3.8, 4) is 0 Å². The van der Waals surface area contributed by atoms with Crippen LogP contribution in [0.3, 0.4) is 0 Å². The van der Waals surface area contributed by atoms with Gasteiger partial charge in [-0.15, -0.1) is 0 Å². The Hall–Kier alpha value is -2.15. The van der Waals surface area contributed by atoms with Crippen LogP contribution in [0.4, 0.5) is 4.79 Å². The summed E-state index contributed by atoms with van der Waals surface area (Å²) < 4.78 is 4.93. The standard InChI is InChI=1S/C14H18ClN3O4/c1-8(11(19)17-13(21)18-14(2,3)4)22-12(20)10-7-9(15)5-6-16-10/h5-8H,1-4H3,(H2,17,18,19,21)/t8-/m1/s1. The van der Waals surface area contributed by atoms with Gasteiger partial charge in [-0.2, -0.15) is 0 Å². The predicted octanol–water partition coefficient (Wildman–Crippen LogP) is 1.90. The number of urea groups is 1. The molecule has 7 nitrogen and oxygen atoms in total. The first-order valence-corrected chi connectivity index (χ1v) is 6.92. The summed E-state index contributed by atoms with van der Waals surface area (Å²) in [5.41, 5.74) is -0.513. The average Bonchev–Trinajstić information content (AvgIpc) is 2.36. The molecule has 0 spiro atoms. The van der Waals surface area contributed by atoms with Crippen LogP contribution in [-0.4, -0.2) is 34.5 Å². The molecule has 0 aliphatic heterocycles. The third kappa shape index (κ3) is 6.09. The highest BCUT2D eigenvalue weighted by Gasteiger charge is 2.23. The van der Waals surface area contributed by atoms with Crippen LogP contribution in [0, 0.1) is 0 Å². The lowest BCUT2D eigenvalue weighted by atomic mass is 10.1. The average molecular weight is 328 g/mol. The molecule has 0 fully saturated rings. The molecule has 1 aromatic rings. The number of imide groups is 1. The van der Waals surface area contributed by atoms with Crippen molar-refractivity contribution in [2.75, 3.05) is 0 Å². The normalized spacial score (nSPS) is 12.2. The Morgan fingerprint density at radius 3 is 2.50 bits per heavy atom. The Morgan fingerprint density at radius 1 is 1.32 bits per heavy atom. The van der Waals surface area contributed by atoms with Crippen molar-refractivity contribution in [1.82, 2.24) is 15.6 Å². The second-order valence-electron chi connectivity index (χ2n) is 5.60. The molecule has 0 unspecified atom stereocenters. The number of hydrogen-bond donors (Lipinski definition) is 2. The molecular formula is C14H18ClN3O4. The number of nitrogens with zero attached hydrogens (tertiary/aromatic N) is 1. The van der Waals surface area contributed by atoms with Gasteiger partial charge < -0.3 is 10.1 Å². The second kappa shape index (κ2) is 7.22. The number of hydrogen-bond acceptors (Lipinski definition) is 5. The maximum absolute atomic E-state index is 11.8. The number of esters is 1. The zero-order valence-electron chi connectivity index (χ0n) is 12.8. The van der Waals surface area contributed by atoms with E-state index < -0.39 is 29.6 Å². The first-order chi connectivity index (χ1) is 10.1. The molecule has 1 aromatic heterocycles. The number of ether oxygens (including phenoxy) is 1. The highest BCUT2D eigenvalue weighted by Crippen LogP contribution is 2.09. The summed E-state index contributed by atoms with van der Waals surface area (Å²) in [6.07, 6.45) is 0.194. The smallest absolute Gasteiger partial charge is 0.357 e. The van der Waals surface area contributed by atoms with Gasteiger partial charge in [-0.1, -0.05) is 11.6 Å². The van der Waals surface area contributed by atoms with E-state index >= 15 is 0 Å². The van der Waals surface area contributed by atoms with Gasteiger partial charge in [0.2, 0.25) is 0 Å². The molecule has 1 atom stereocenters. The molecule has 1 heterocycles. The minimum absolute atomic E-state index is 0.0220. The lowest BCUT2D eigenvalue weighted by molar-refractivity contribution is -0.127. The van der Waals surface area contributed by atoms with Crippen molar-refractivity contribution in [3.63, 3.8) is 0 Å². The van der Waals surface area contributed by atoms with E-state index in [4.69, 9.17) is 16.3 Å². The number of pyridine rings is 1. The van der Waals surface area contributed by atoms with Gasteiger partial charge in [0.1, 0.15) is 5.69 Å². The summed E-state index contributed by atoms with van der Waals surface area (Å²) in [6, 6.07) is 2.16. The van der Waals surface area contributed by atoms with Crippen LogP contribution < -0.4 is 10.6 Å². The predicted molar refractivity (Wildman–Crippen MR) is 80.6 cm³/mol. The molecule has 1 rings (SSSR count). The Morgan fingerprint density at radius 2 is 1.95 bits per heavy atom. The molecular weight excluding hydrogens is 310 g/mol. The molecule has 120 valence electrons. The van der Waals surface area contributed by atoms with Gasteiger partial charge in [-0.3, -0.25) is 10.1 Å². The van der Waals surface area contributed by atoms with Crippen LogP contribution in [0.25, 0.3) is 0 Å². The third-order valence-electron chi connectivity index (χ3n) is 2.31. The number of carbonyl (C=O) groups is 3. The van der Waals surface area contributed by atoms with Crippen molar-refractivity contribution in [1.29, 1.82) is 0 Å². The minimum Gasteiger partial charge on any atom is -0.448 e. The molecule has 0 saturated carbocycles. The number of aromatic nitrogens is 1. The molecule has 0 radical (unpaired) electrons. The number of amides is 3. The van der Waals surface area contributed by atoms with Crippen LogP contribution in [0.1, 0.15) is 38.2 Å². The maximum Gasteiger partial charge on any atom is 0.357 e. The van der Waals surface area contributed by atoms with Gasteiger partial charge in [-0.05, 0) is 39.8 Å².